The second-order valence-electron chi connectivity index (χ2n) is 4.34. The van der Waals surface area contributed by atoms with Gasteiger partial charge in [0.2, 0.25) is 0 Å². The van der Waals surface area contributed by atoms with E-state index in [1.165, 1.54) is 19.2 Å². The molecule has 6 heteroatoms. The number of methoxy groups -OCH3 is 1. The van der Waals surface area contributed by atoms with Crippen LogP contribution in [-0.2, 0) is 20.7 Å². The standard InChI is InChI=1S/C13H19NO5/c1-8(7-18-2)19-13(17)10(14)5-9-3-4-11(15)12(16)6-9/h3-4,6,8,10,15-16H,5,7,14H2,1-2H3/t8-,10-/m1/s1. The van der Waals surface area contributed by atoms with Gasteiger partial charge in [-0.05, 0) is 31.0 Å². The highest BCUT2D eigenvalue weighted by molar-refractivity contribution is 5.76. The first-order chi connectivity index (χ1) is 8.93. The maximum absolute atomic E-state index is 11.7. The molecular weight excluding hydrogens is 250 g/mol. The molecule has 0 aliphatic carbocycles. The summed E-state index contributed by atoms with van der Waals surface area (Å²) in [6, 6.07) is 3.46. The Hall–Kier alpha value is -1.79. The zero-order chi connectivity index (χ0) is 14.4. The molecule has 0 aliphatic rings. The molecule has 0 aromatic heterocycles. The number of carbonyl (C=O) groups excluding carboxylic acids is 1. The molecule has 0 aliphatic heterocycles. The van der Waals surface area contributed by atoms with Crippen LogP contribution in [0, 0.1) is 0 Å². The minimum absolute atomic E-state index is 0.214. The third-order valence-corrected chi connectivity index (χ3v) is 2.52. The minimum Gasteiger partial charge on any atom is -0.504 e. The fourth-order valence-electron chi connectivity index (χ4n) is 1.59. The lowest BCUT2D eigenvalue weighted by Gasteiger charge is -2.16. The molecule has 1 aromatic rings. The van der Waals surface area contributed by atoms with Crippen LogP contribution in [0.4, 0.5) is 0 Å². The minimum atomic E-state index is -0.830. The molecule has 1 rings (SSSR count). The van der Waals surface area contributed by atoms with Crippen LogP contribution in [0.15, 0.2) is 18.2 Å². The highest BCUT2D eigenvalue weighted by atomic mass is 16.6. The number of hydrogen-bond acceptors (Lipinski definition) is 6. The summed E-state index contributed by atoms with van der Waals surface area (Å²) in [6.07, 6.45) is -0.149. The lowest BCUT2D eigenvalue weighted by Crippen LogP contribution is -2.37. The molecule has 0 saturated carbocycles. The Morgan fingerprint density at radius 1 is 1.37 bits per heavy atom. The highest BCUT2D eigenvalue weighted by Gasteiger charge is 2.18. The van der Waals surface area contributed by atoms with Gasteiger partial charge in [0.1, 0.15) is 12.1 Å². The van der Waals surface area contributed by atoms with Gasteiger partial charge >= 0.3 is 5.97 Å². The molecule has 0 heterocycles. The third kappa shape index (κ3) is 4.76. The average molecular weight is 269 g/mol. The van der Waals surface area contributed by atoms with Crippen LogP contribution in [0.1, 0.15) is 12.5 Å². The van der Waals surface area contributed by atoms with Crippen molar-refractivity contribution in [1.29, 1.82) is 0 Å². The van der Waals surface area contributed by atoms with Gasteiger partial charge in [-0.1, -0.05) is 6.07 Å². The Kier molecular flexibility index (Phi) is 5.59. The number of rotatable bonds is 6. The average Bonchev–Trinajstić information content (AvgIpc) is 2.34. The van der Waals surface area contributed by atoms with Crippen LogP contribution >= 0.6 is 0 Å². The molecule has 19 heavy (non-hydrogen) atoms. The first-order valence-corrected chi connectivity index (χ1v) is 5.90. The number of ether oxygens (including phenoxy) is 2. The van der Waals surface area contributed by atoms with Gasteiger partial charge in [0, 0.05) is 7.11 Å². The van der Waals surface area contributed by atoms with E-state index in [1.54, 1.807) is 13.0 Å². The molecule has 0 spiro atoms. The summed E-state index contributed by atoms with van der Waals surface area (Å²) in [6.45, 7) is 2.01. The number of aromatic hydroxyl groups is 2. The highest BCUT2D eigenvalue weighted by Crippen LogP contribution is 2.25. The quantitative estimate of drug-likeness (QED) is 0.515. The fraction of sp³-hybridized carbons (Fsp3) is 0.462. The van der Waals surface area contributed by atoms with Crippen molar-refractivity contribution in [2.45, 2.75) is 25.5 Å². The first kappa shape index (κ1) is 15.3. The molecule has 0 unspecified atom stereocenters. The van der Waals surface area contributed by atoms with E-state index in [4.69, 9.17) is 15.2 Å². The van der Waals surface area contributed by atoms with E-state index in [0.717, 1.165) is 0 Å². The zero-order valence-corrected chi connectivity index (χ0v) is 11.0. The van der Waals surface area contributed by atoms with Crippen molar-refractivity contribution in [2.75, 3.05) is 13.7 Å². The summed E-state index contributed by atoms with van der Waals surface area (Å²) >= 11 is 0. The van der Waals surface area contributed by atoms with Crippen LogP contribution in [0.2, 0.25) is 0 Å². The number of phenolic OH excluding ortho intramolecular Hbond substituents is 2. The lowest BCUT2D eigenvalue weighted by atomic mass is 10.1. The van der Waals surface area contributed by atoms with Gasteiger partial charge in [-0.2, -0.15) is 0 Å². The summed E-state index contributed by atoms with van der Waals surface area (Å²) in [5.74, 6) is -0.989. The van der Waals surface area contributed by atoms with Crippen molar-refractivity contribution in [1.82, 2.24) is 0 Å². The maximum atomic E-state index is 11.7. The van der Waals surface area contributed by atoms with Crippen molar-refractivity contribution < 1.29 is 24.5 Å². The molecule has 0 amide bonds. The molecule has 0 fully saturated rings. The second-order valence-corrected chi connectivity index (χ2v) is 4.34. The summed E-state index contributed by atoms with van der Waals surface area (Å²) in [5, 5.41) is 18.5. The van der Waals surface area contributed by atoms with Crippen LogP contribution in [0.3, 0.4) is 0 Å². The van der Waals surface area contributed by atoms with Crippen LogP contribution in [0.25, 0.3) is 0 Å². The Labute approximate surface area is 111 Å². The first-order valence-electron chi connectivity index (χ1n) is 5.90. The van der Waals surface area contributed by atoms with Crippen molar-refractivity contribution in [2.24, 2.45) is 5.73 Å². The van der Waals surface area contributed by atoms with Crippen molar-refractivity contribution in [3.63, 3.8) is 0 Å². The van der Waals surface area contributed by atoms with Crippen LogP contribution in [-0.4, -0.2) is 42.0 Å². The van der Waals surface area contributed by atoms with Crippen molar-refractivity contribution >= 4 is 5.97 Å². The monoisotopic (exact) mass is 269 g/mol. The van der Waals surface area contributed by atoms with E-state index in [2.05, 4.69) is 0 Å². The molecule has 1 aromatic carbocycles. The van der Waals surface area contributed by atoms with Crippen LogP contribution < -0.4 is 5.73 Å². The van der Waals surface area contributed by atoms with E-state index < -0.39 is 12.0 Å². The predicted octanol–water partition coefficient (Wildman–Crippen LogP) is 0.546. The van der Waals surface area contributed by atoms with E-state index in [1.807, 2.05) is 0 Å². The van der Waals surface area contributed by atoms with E-state index in [0.29, 0.717) is 12.2 Å². The maximum Gasteiger partial charge on any atom is 0.323 e. The summed E-state index contributed by atoms with van der Waals surface area (Å²) in [4.78, 5) is 11.7. The Morgan fingerprint density at radius 2 is 2.05 bits per heavy atom. The van der Waals surface area contributed by atoms with E-state index >= 15 is 0 Å². The number of benzene rings is 1. The van der Waals surface area contributed by atoms with Gasteiger partial charge in [-0.25, -0.2) is 0 Å². The van der Waals surface area contributed by atoms with E-state index in [-0.39, 0.29) is 24.0 Å². The largest absolute Gasteiger partial charge is 0.504 e. The predicted molar refractivity (Wildman–Crippen MR) is 68.9 cm³/mol. The summed E-state index contributed by atoms with van der Waals surface area (Å²) in [7, 11) is 1.52. The van der Waals surface area contributed by atoms with Gasteiger partial charge in [-0.3, -0.25) is 4.79 Å². The Balaban J connectivity index is 2.56. The fourth-order valence-corrected chi connectivity index (χ4v) is 1.59. The Bertz CT molecular complexity index is 435. The molecule has 0 radical (unpaired) electrons. The molecule has 0 bridgehead atoms. The normalized spacial score (nSPS) is 13.8. The summed E-state index contributed by atoms with van der Waals surface area (Å²) in [5.41, 5.74) is 6.36. The van der Waals surface area contributed by atoms with Crippen molar-refractivity contribution in [3.05, 3.63) is 23.8 Å². The smallest absolute Gasteiger partial charge is 0.323 e. The topological polar surface area (TPSA) is 102 Å². The number of carbonyl (C=O) groups is 1. The van der Waals surface area contributed by atoms with Gasteiger partial charge in [-0.15, -0.1) is 0 Å². The number of esters is 1. The Morgan fingerprint density at radius 3 is 2.63 bits per heavy atom. The molecular formula is C13H19NO5. The molecule has 6 nitrogen and oxygen atoms in total. The third-order valence-electron chi connectivity index (χ3n) is 2.52. The van der Waals surface area contributed by atoms with Gasteiger partial charge in [0.05, 0.1) is 6.61 Å². The van der Waals surface area contributed by atoms with Crippen LogP contribution in [0.5, 0.6) is 11.5 Å². The number of phenols is 2. The second kappa shape index (κ2) is 6.96. The molecule has 2 atom stereocenters. The molecule has 106 valence electrons. The molecule has 0 saturated heterocycles. The zero-order valence-electron chi connectivity index (χ0n) is 11.0. The number of hydrogen-bond donors (Lipinski definition) is 3. The van der Waals surface area contributed by atoms with Gasteiger partial charge in [0.15, 0.2) is 11.5 Å². The SMILES string of the molecule is COC[C@@H](C)OC(=O)[C@H](N)Cc1ccc(O)c(O)c1. The molecule has 4 N–H and O–H groups in total. The van der Waals surface area contributed by atoms with E-state index in [9.17, 15) is 15.0 Å². The summed E-state index contributed by atoms with van der Waals surface area (Å²) < 4.78 is 9.93. The lowest BCUT2D eigenvalue weighted by molar-refractivity contribution is -0.152. The van der Waals surface area contributed by atoms with Crippen molar-refractivity contribution in [3.8, 4) is 11.5 Å². The van der Waals surface area contributed by atoms with Gasteiger partial charge < -0.3 is 25.4 Å². The van der Waals surface area contributed by atoms with Gasteiger partial charge in [0.25, 0.3) is 0 Å². The number of nitrogens with two attached hydrogens (primary N) is 1.